The van der Waals surface area contributed by atoms with Crippen molar-refractivity contribution in [1.82, 2.24) is 15.1 Å². The minimum Gasteiger partial charge on any atom is -0.289 e. The SMILES string of the molecule is CC/C=C/CN1CCN(C/C=C/CC)C1(NC)C(C)C. The fraction of sp³-hybridized carbons (Fsp3) is 0.765. The van der Waals surface area contributed by atoms with E-state index < -0.39 is 0 Å². The van der Waals surface area contributed by atoms with Crippen molar-refractivity contribution < 1.29 is 0 Å². The molecule has 0 unspecified atom stereocenters. The first-order valence-electron chi connectivity index (χ1n) is 8.12. The van der Waals surface area contributed by atoms with Crippen LogP contribution in [0.5, 0.6) is 0 Å². The third-order valence-corrected chi connectivity index (χ3v) is 4.23. The summed E-state index contributed by atoms with van der Waals surface area (Å²) in [5, 5.41) is 3.61. The fourth-order valence-electron chi connectivity index (χ4n) is 3.32. The van der Waals surface area contributed by atoms with Gasteiger partial charge in [0, 0.05) is 26.2 Å². The third kappa shape index (κ3) is 3.72. The molecule has 116 valence electrons. The summed E-state index contributed by atoms with van der Waals surface area (Å²) >= 11 is 0. The van der Waals surface area contributed by atoms with E-state index in [1.54, 1.807) is 0 Å². The van der Waals surface area contributed by atoms with Crippen LogP contribution in [-0.4, -0.2) is 48.8 Å². The molecule has 0 aromatic rings. The number of hydrogen-bond donors (Lipinski definition) is 1. The van der Waals surface area contributed by atoms with E-state index in [0.717, 1.165) is 39.0 Å². The molecule has 0 amide bonds. The molecule has 0 radical (unpaired) electrons. The molecule has 20 heavy (non-hydrogen) atoms. The molecule has 0 aliphatic carbocycles. The van der Waals surface area contributed by atoms with Crippen LogP contribution >= 0.6 is 0 Å². The van der Waals surface area contributed by atoms with E-state index in [1.807, 2.05) is 0 Å². The van der Waals surface area contributed by atoms with Gasteiger partial charge in [0.25, 0.3) is 0 Å². The standard InChI is InChI=1S/C17H33N3/c1-6-8-10-12-19-14-15-20(13-11-9-7-2)17(19,18-5)16(3)4/h8-11,16,18H,6-7,12-15H2,1-5H3/b10-8+,11-9+. The molecule has 0 atom stereocenters. The van der Waals surface area contributed by atoms with Gasteiger partial charge in [-0.3, -0.25) is 15.1 Å². The summed E-state index contributed by atoms with van der Waals surface area (Å²) in [6, 6.07) is 0. The molecule has 1 saturated heterocycles. The summed E-state index contributed by atoms with van der Waals surface area (Å²) < 4.78 is 0. The number of allylic oxidation sites excluding steroid dienone is 2. The van der Waals surface area contributed by atoms with E-state index >= 15 is 0 Å². The Morgan fingerprint density at radius 2 is 1.40 bits per heavy atom. The van der Waals surface area contributed by atoms with Crippen molar-refractivity contribution in [2.75, 3.05) is 33.2 Å². The Bertz CT molecular complexity index is 296. The highest BCUT2D eigenvalue weighted by Crippen LogP contribution is 2.31. The number of hydrogen-bond acceptors (Lipinski definition) is 3. The summed E-state index contributed by atoms with van der Waals surface area (Å²) in [5.74, 6) is 0.524. The van der Waals surface area contributed by atoms with Gasteiger partial charge >= 0.3 is 0 Å². The molecule has 0 bridgehead atoms. The second-order valence-corrected chi connectivity index (χ2v) is 5.78. The second kappa shape index (κ2) is 8.60. The summed E-state index contributed by atoms with van der Waals surface area (Å²) in [7, 11) is 2.10. The van der Waals surface area contributed by atoms with Crippen molar-refractivity contribution in [3.8, 4) is 0 Å². The van der Waals surface area contributed by atoms with Crippen molar-refractivity contribution >= 4 is 0 Å². The van der Waals surface area contributed by atoms with Crippen LogP contribution in [0, 0.1) is 5.92 Å². The lowest BCUT2D eigenvalue weighted by atomic mass is 10.0. The van der Waals surface area contributed by atoms with Gasteiger partial charge in [0.1, 0.15) is 5.79 Å². The molecule has 0 aromatic heterocycles. The van der Waals surface area contributed by atoms with Crippen LogP contribution in [0.3, 0.4) is 0 Å². The highest BCUT2D eigenvalue weighted by atomic mass is 15.5. The quantitative estimate of drug-likeness (QED) is 0.689. The molecule has 0 aromatic carbocycles. The maximum Gasteiger partial charge on any atom is 0.131 e. The van der Waals surface area contributed by atoms with Gasteiger partial charge in [-0.1, -0.05) is 52.0 Å². The Labute approximate surface area is 125 Å². The molecule has 3 heteroatoms. The van der Waals surface area contributed by atoms with E-state index in [2.05, 4.69) is 74.2 Å². The maximum absolute atomic E-state index is 3.61. The molecule has 3 nitrogen and oxygen atoms in total. The van der Waals surface area contributed by atoms with Crippen molar-refractivity contribution in [3.63, 3.8) is 0 Å². The Kier molecular flexibility index (Phi) is 7.49. The first-order valence-corrected chi connectivity index (χ1v) is 8.12. The molecular formula is C17H33N3. The highest BCUT2D eigenvalue weighted by molar-refractivity contribution is 5.01. The van der Waals surface area contributed by atoms with Gasteiger partial charge in [-0.2, -0.15) is 0 Å². The minimum atomic E-state index is -0.0177. The van der Waals surface area contributed by atoms with E-state index in [9.17, 15) is 0 Å². The Hall–Kier alpha value is -0.640. The van der Waals surface area contributed by atoms with Crippen LogP contribution in [0.15, 0.2) is 24.3 Å². The molecule has 1 aliphatic rings. The van der Waals surface area contributed by atoms with Gasteiger partial charge in [0.2, 0.25) is 0 Å². The van der Waals surface area contributed by atoms with Crippen molar-refractivity contribution in [2.45, 2.75) is 46.3 Å². The molecule has 1 fully saturated rings. The average molecular weight is 279 g/mol. The van der Waals surface area contributed by atoms with Crippen molar-refractivity contribution in [2.24, 2.45) is 5.92 Å². The first-order chi connectivity index (χ1) is 9.63. The van der Waals surface area contributed by atoms with Crippen LogP contribution < -0.4 is 5.32 Å². The first kappa shape index (κ1) is 17.4. The van der Waals surface area contributed by atoms with Crippen LogP contribution in [-0.2, 0) is 0 Å². The topological polar surface area (TPSA) is 18.5 Å². The average Bonchev–Trinajstić information content (AvgIpc) is 2.78. The smallest absolute Gasteiger partial charge is 0.131 e. The van der Waals surface area contributed by atoms with Gasteiger partial charge in [-0.15, -0.1) is 0 Å². The maximum atomic E-state index is 3.61. The summed E-state index contributed by atoms with van der Waals surface area (Å²) in [6.07, 6.45) is 11.4. The highest BCUT2D eigenvalue weighted by Gasteiger charge is 2.47. The van der Waals surface area contributed by atoms with Crippen molar-refractivity contribution in [1.29, 1.82) is 0 Å². The molecule has 0 saturated carbocycles. The number of nitrogens with zero attached hydrogens (tertiary/aromatic N) is 2. The van der Waals surface area contributed by atoms with Crippen LogP contribution in [0.4, 0.5) is 0 Å². The second-order valence-electron chi connectivity index (χ2n) is 5.78. The predicted octanol–water partition coefficient (Wildman–Crippen LogP) is 3.07. The third-order valence-electron chi connectivity index (χ3n) is 4.23. The Balaban J connectivity index is 2.86. The lowest BCUT2D eigenvalue weighted by Gasteiger charge is -2.46. The normalized spacial score (nSPS) is 20.9. The Morgan fingerprint density at radius 3 is 1.70 bits per heavy atom. The Morgan fingerprint density at radius 1 is 0.950 bits per heavy atom. The van der Waals surface area contributed by atoms with Crippen LogP contribution in [0.2, 0.25) is 0 Å². The van der Waals surface area contributed by atoms with E-state index in [1.165, 1.54) is 0 Å². The van der Waals surface area contributed by atoms with E-state index in [4.69, 9.17) is 0 Å². The summed E-state index contributed by atoms with van der Waals surface area (Å²) in [6.45, 7) is 13.3. The lowest BCUT2D eigenvalue weighted by Crippen LogP contribution is -2.65. The zero-order valence-corrected chi connectivity index (χ0v) is 14.0. The predicted molar refractivity (Wildman–Crippen MR) is 88.6 cm³/mol. The molecule has 1 heterocycles. The van der Waals surface area contributed by atoms with Crippen LogP contribution in [0.1, 0.15) is 40.5 Å². The number of rotatable bonds is 8. The molecular weight excluding hydrogens is 246 g/mol. The zero-order valence-electron chi connectivity index (χ0n) is 14.0. The molecule has 1 N–H and O–H groups in total. The molecule has 1 rings (SSSR count). The van der Waals surface area contributed by atoms with Gasteiger partial charge < -0.3 is 0 Å². The van der Waals surface area contributed by atoms with Gasteiger partial charge in [0.15, 0.2) is 0 Å². The van der Waals surface area contributed by atoms with Crippen LogP contribution in [0.25, 0.3) is 0 Å². The van der Waals surface area contributed by atoms with Gasteiger partial charge in [0.05, 0.1) is 0 Å². The molecule has 1 aliphatic heterocycles. The van der Waals surface area contributed by atoms with E-state index in [0.29, 0.717) is 5.92 Å². The summed E-state index contributed by atoms with van der Waals surface area (Å²) in [4.78, 5) is 5.15. The van der Waals surface area contributed by atoms with E-state index in [-0.39, 0.29) is 5.79 Å². The summed E-state index contributed by atoms with van der Waals surface area (Å²) in [5.41, 5.74) is 0. The fourth-order valence-corrected chi connectivity index (χ4v) is 3.32. The molecule has 0 spiro atoms. The largest absolute Gasteiger partial charge is 0.289 e. The monoisotopic (exact) mass is 279 g/mol. The van der Waals surface area contributed by atoms with Crippen molar-refractivity contribution in [3.05, 3.63) is 24.3 Å². The minimum absolute atomic E-state index is 0.0177. The lowest BCUT2D eigenvalue weighted by molar-refractivity contribution is -0.0407. The zero-order chi connectivity index (χ0) is 15.0. The van der Waals surface area contributed by atoms with Gasteiger partial charge in [-0.05, 0) is 25.8 Å². The number of nitrogens with one attached hydrogen (secondary N) is 1. The van der Waals surface area contributed by atoms with Gasteiger partial charge in [-0.25, -0.2) is 0 Å².